The maximum absolute atomic E-state index is 11.9. The van der Waals surface area contributed by atoms with Crippen molar-refractivity contribution < 1.29 is 14.3 Å². The molecule has 1 aromatic carbocycles. The van der Waals surface area contributed by atoms with Crippen LogP contribution in [0.15, 0.2) is 24.3 Å². The number of nitrogens with one attached hydrogen (secondary N) is 2. The number of carbonyl (C=O) groups is 2. The number of amides is 1. The molecule has 1 fully saturated rings. The lowest BCUT2D eigenvalue weighted by Gasteiger charge is -2.12. The molecule has 1 aliphatic rings. The van der Waals surface area contributed by atoms with Crippen LogP contribution in [0, 0.1) is 0 Å². The molecule has 1 unspecified atom stereocenters. The SMILES string of the molecule is CC(C)OC(=O)c1ccc(NC(=O)C2CCCN2)cc1. The molecular weight excluding hydrogens is 256 g/mol. The van der Waals surface area contributed by atoms with Gasteiger partial charge >= 0.3 is 5.97 Å². The predicted octanol–water partition coefficient (Wildman–Crippen LogP) is 1.94. The van der Waals surface area contributed by atoms with E-state index in [0.29, 0.717) is 11.3 Å². The average molecular weight is 276 g/mol. The minimum atomic E-state index is -0.352. The molecule has 0 saturated carbocycles. The van der Waals surface area contributed by atoms with E-state index in [1.165, 1.54) is 0 Å². The quantitative estimate of drug-likeness (QED) is 0.825. The minimum Gasteiger partial charge on any atom is -0.459 e. The molecule has 1 aliphatic heterocycles. The van der Waals surface area contributed by atoms with Crippen LogP contribution < -0.4 is 10.6 Å². The molecule has 5 heteroatoms. The molecule has 20 heavy (non-hydrogen) atoms. The number of esters is 1. The van der Waals surface area contributed by atoms with Crippen molar-refractivity contribution in [2.24, 2.45) is 0 Å². The van der Waals surface area contributed by atoms with Crippen molar-refractivity contribution in [3.8, 4) is 0 Å². The molecule has 1 heterocycles. The van der Waals surface area contributed by atoms with Crippen LogP contribution >= 0.6 is 0 Å². The Labute approximate surface area is 118 Å². The summed E-state index contributed by atoms with van der Waals surface area (Å²) in [6.07, 6.45) is 1.75. The molecule has 1 saturated heterocycles. The summed E-state index contributed by atoms with van der Waals surface area (Å²) in [4.78, 5) is 23.6. The third-order valence-corrected chi connectivity index (χ3v) is 3.11. The van der Waals surface area contributed by atoms with E-state index in [4.69, 9.17) is 4.74 Å². The van der Waals surface area contributed by atoms with Crippen LogP contribution in [0.4, 0.5) is 5.69 Å². The Morgan fingerprint density at radius 2 is 2.00 bits per heavy atom. The standard InChI is InChI=1S/C15H20N2O3/c1-10(2)20-15(19)11-5-7-12(8-6-11)17-14(18)13-4-3-9-16-13/h5-8,10,13,16H,3-4,9H2,1-2H3,(H,17,18). The summed E-state index contributed by atoms with van der Waals surface area (Å²) in [7, 11) is 0. The highest BCUT2D eigenvalue weighted by Crippen LogP contribution is 2.13. The Morgan fingerprint density at radius 3 is 2.55 bits per heavy atom. The Bertz CT molecular complexity index is 476. The smallest absolute Gasteiger partial charge is 0.338 e. The van der Waals surface area contributed by atoms with E-state index < -0.39 is 0 Å². The molecule has 1 atom stereocenters. The van der Waals surface area contributed by atoms with Crippen molar-refractivity contribution in [2.75, 3.05) is 11.9 Å². The van der Waals surface area contributed by atoms with Crippen LogP contribution in [0.2, 0.25) is 0 Å². The topological polar surface area (TPSA) is 67.4 Å². The average Bonchev–Trinajstić information content (AvgIpc) is 2.92. The molecule has 0 radical (unpaired) electrons. The van der Waals surface area contributed by atoms with Gasteiger partial charge in [-0.3, -0.25) is 4.79 Å². The van der Waals surface area contributed by atoms with Crippen LogP contribution in [-0.4, -0.2) is 30.6 Å². The van der Waals surface area contributed by atoms with E-state index in [1.54, 1.807) is 38.1 Å². The minimum absolute atomic E-state index is 0.0278. The van der Waals surface area contributed by atoms with Gasteiger partial charge in [0.2, 0.25) is 5.91 Å². The number of benzene rings is 1. The fraction of sp³-hybridized carbons (Fsp3) is 0.467. The number of anilines is 1. The van der Waals surface area contributed by atoms with Crippen LogP contribution in [0.3, 0.4) is 0 Å². The second kappa shape index (κ2) is 6.52. The van der Waals surface area contributed by atoms with Crippen molar-refractivity contribution in [1.29, 1.82) is 0 Å². The van der Waals surface area contributed by atoms with Gasteiger partial charge in [0.25, 0.3) is 0 Å². The summed E-state index contributed by atoms with van der Waals surface area (Å²) in [6.45, 7) is 4.50. The highest BCUT2D eigenvalue weighted by Gasteiger charge is 2.21. The molecule has 0 spiro atoms. The Morgan fingerprint density at radius 1 is 1.30 bits per heavy atom. The number of ether oxygens (including phenoxy) is 1. The summed E-state index contributed by atoms with van der Waals surface area (Å²) < 4.78 is 5.10. The van der Waals surface area contributed by atoms with Crippen molar-refractivity contribution in [3.63, 3.8) is 0 Å². The van der Waals surface area contributed by atoms with Crippen molar-refractivity contribution in [2.45, 2.75) is 38.8 Å². The first-order valence-corrected chi connectivity index (χ1v) is 6.91. The highest BCUT2D eigenvalue weighted by molar-refractivity contribution is 5.96. The zero-order chi connectivity index (χ0) is 14.5. The molecule has 1 aromatic rings. The highest BCUT2D eigenvalue weighted by atomic mass is 16.5. The number of hydrogen-bond donors (Lipinski definition) is 2. The molecule has 108 valence electrons. The molecule has 2 rings (SSSR count). The van der Waals surface area contributed by atoms with E-state index in [-0.39, 0.29) is 24.0 Å². The maximum Gasteiger partial charge on any atom is 0.338 e. The lowest BCUT2D eigenvalue weighted by molar-refractivity contribution is -0.117. The molecule has 0 aromatic heterocycles. The van der Waals surface area contributed by atoms with Gasteiger partial charge in [-0.2, -0.15) is 0 Å². The van der Waals surface area contributed by atoms with Crippen molar-refractivity contribution in [3.05, 3.63) is 29.8 Å². The second-order valence-corrected chi connectivity index (χ2v) is 5.17. The molecule has 0 bridgehead atoms. The third-order valence-electron chi connectivity index (χ3n) is 3.11. The fourth-order valence-electron chi connectivity index (χ4n) is 2.11. The van der Waals surface area contributed by atoms with Crippen LogP contribution in [-0.2, 0) is 9.53 Å². The van der Waals surface area contributed by atoms with Crippen molar-refractivity contribution >= 4 is 17.6 Å². The summed E-state index contributed by atoms with van der Waals surface area (Å²) in [5.74, 6) is -0.379. The van der Waals surface area contributed by atoms with Gasteiger partial charge in [0, 0.05) is 5.69 Å². The normalized spacial score (nSPS) is 18.1. The van der Waals surface area contributed by atoms with Gasteiger partial charge in [-0.1, -0.05) is 0 Å². The second-order valence-electron chi connectivity index (χ2n) is 5.17. The Kier molecular flexibility index (Phi) is 4.74. The lowest BCUT2D eigenvalue weighted by Crippen LogP contribution is -2.35. The first kappa shape index (κ1) is 14.5. The van der Waals surface area contributed by atoms with E-state index in [1.807, 2.05) is 0 Å². The number of hydrogen-bond acceptors (Lipinski definition) is 4. The Balaban J connectivity index is 1.94. The number of carbonyl (C=O) groups excluding carboxylic acids is 2. The van der Waals surface area contributed by atoms with Gasteiger partial charge in [-0.05, 0) is 57.5 Å². The van der Waals surface area contributed by atoms with E-state index in [2.05, 4.69) is 10.6 Å². The fourth-order valence-corrected chi connectivity index (χ4v) is 2.11. The van der Waals surface area contributed by atoms with Gasteiger partial charge in [-0.25, -0.2) is 4.79 Å². The van der Waals surface area contributed by atoms with E-state index in [0.717, 1.165) is 19.4 Å². The van der Waals surface area contributed by atoms with Crippen LogP contribution in [0.5, 0.6) is 0 Å². The van der Waals surface area contributed by atoms with Crippen LogP contribution in [0.25, 0.3) is 0 Å². The molecule has 1 amide bonds. The monoisotopic (exact) mass is 276 g/mol. The van der Waals surface area contributed by atoms with Crippen LogP contribution in [0.1, 0.15) is 37.0 Å². The number of rotatable bonds is 4. The zero-order valence-electron chi connectivity index (χ0n) is 11.8. The maximum atomic E-state index is 11.9. The van der Waals surface area contributed by atoms with Crippen molar-refractivity contribution in [1.82, 2.24) is 5.32 Å². The lowest BCUT2D eigenvalue weighted by atomic mass is 10.2. The Hall–Kier alpha value is -1.88. The summed E-state index contributed by atoms with van der Waals surface area (Å²) in [5, 5.41) is 5.98. The predicted molar refractivity (Wildman–Crippen MR) is 76.6 cm³/mol. The summed E-state index contributed by atoms with van der Waals surface area (Å²) >= 11 is 0. The van der Waals surface area contributed by atoms with Gasteiger partial charge in [0.05, 0.1) is 17.7 Å². The van der Waals surface area contributed by atoms with E-state index >= 15 is 0 Å². The molecular formula is C15H20N2O3. The first-order valence-electron chi connectivity index (χ1n) is 6.91. The van der Waals surface area contributed by atoms with E-state index in [9.17, 15) is 9.59 Å². The largest absolute Gasteiger partial charge is 0.459 e. The van der Waals surface area contributed by atoms with Gasteiger partial charge in [0.1, 0.15) is 0 Å². The van der Waals surface area contributed by atoms with Gasteiger partial charge in [-0.15, -0.1) is 0 Å². The first-order chi connectivity index (χ1) is 9.56. The zero-order valence-corrected chi connectivity index (χ0v) is 11.8. The third kappa shape index (κ3) is 3.81. The molecule has 5 nitrogen and oxygen atoms in total. The van der Waals surface area contributed by atoms with Gasteiger partial charge < -0.3 is 15.4 Å². The molecule has 2 N–H and O–H groups in total. The summed E-state index contributed by atoms with van der Waals surface area (Å²) in [5.41, 5.74) is 1.17. The molecule has 0 aliphatic carbocycles. The summed E-state index contributed by atoms with van der Waals surface area (Å²) in [6, 6.07) is 6.62. The van der Waals surface area contributed by atoms with Gasteiger partial charge in [0.15, 0.2) is 0 Å².